The van der Waals surface area contributed by atoms with Crippen LogP contribution in [0, 0.1) is 0 Å². The van der Waals surface area contributed by atoms with Crippen LogP contribution in [0.15, 0.2) is 83.8 Å². The molecule has 0 spiro atoms. The van der Waals surface area contributed by atoms with Gasteiger partial charge >= 0.3 is 0 Å². The molecule has 0 saturated carbocycles. The van der Waals surface area contributed by atoms with Crippen LogP contribution in [0.25, 0.3) is 0 Å². The molecule has 3 aromatic rings. The number of hydrogen-bond acceptors (Lipinski definition) is 5. The van der Waals surface area contributed by atoms with Gasteiger partial charge in [0.15, 0.2) is 0 Å². The molecule has 1 unspecified atom stereocenters. The molecule has 2 N–H and O–H groups in total. The molecule has 1 amide bonds. The van der Waals surface area contributed by atoms with Crippen molar-refractivity contribution < 1.29 is 17.9 Å². The number of amides is 1. The van der Waals surface area contributed by atoms with Crippen LogP contribution in [0.1, 0.15) is 17.3 Å². The van der Waals surface area contributed by atoms with Crippen molar-refractivity contribution in [3.05, 3.63) is 84.4 Å². The first kappa shape index (κ1) is 23.1. The smallest absolute Gasteiger partial charge is 0.261 e. The molecule has 0 bridgehead atoms. The average Bonchev–Trinajstić information content (AvgIpc) is 2.82. The number of methoxy groups -OCH3 is 1. The summed E-state index contributed by atoms with van der Waals surface area (Å²) in [6.45, 7) is 2.41. The highest BCUT2D eigenvalue weighted by atomic mass is 32.2. The quantitative estimate of drug-likeness (QED) is 0.515. The van der Waals surface area contributed by atoms with Gasteiger partial charge in [0, 0.05) is 36.6 Å². The highest BCUT2D eigenvalue weighted by Crippen LogP contribution is 2.20. The first-order chi connectivity index (χ1) is 15.3. The predicted molar refractivity (Wildman–Crippen MR) is 127 cm³/mol. The highest BCUT2D eigenvalue weighted by Gasteiger charge is 2.18. The van der Waals surface area contributed by atoms with Crippen LogP contribution in [0.3, 0.4) is 0 Å². The van der Waals surface area contributed by atoms with E-state index in [0.29, 0.717) is 18.0 Å². The first-order valence-corrected chi connectivity index (χ1v) is 11.6. The van der Waals surface area contributed by atoms with E-state index in [0.717, 1.165) is 5.69 Å². The Morgan fingerprint density at radius 3 is 2.34 bits per heavy atom. The zero-order valence-corrected chi connectivity index (χ0v) is 19.1. The van der Waals surface area contributed by atoms with Gasteiger partial charge in [-0.1, -0.05) is 24.3 Å². The lowest BCUT2D eigenvalue weighted by atomic mass is 10.2. The van der Waals surface area contributed by atoms with Crippen molar-refractivity contribution in [3.63, 3.8) is 0 Å². The third-order valence-electron chi connectivity index (χ3n) is 5.13. The Hall–Kier alpha value is -3.52. The molecular formula is C24H27N3O4S. The largest absolute Gasteiger partial charge is 0.497 e. The monoisotopic (exact) mass is 453 g/mol. The third kappa shape index (κ3) is 5.79. The SMILES string of the molecule is COc1ccc(NS(=O)(=O)c2cccc(C(=O)NCC(C)N(C)c3ccccc3)c2)cc1. The number of anilines is 2. The van der Waals surface area contributed by atoms with Crippen molar-refractivity contribution in [1.82, 2.24) is 5.32 Å². The van der Waals surface area contributed by atoms with Gasteiger partial charge in [0.2, 0.25) is 0 Å². The molecule has 32 heavy (non-hydrogen) atoms. The molecule has 3 rings (SSSR count). The van der Waals surface area contributed by atoms with E-state index >= 15 is 0 Å². The number of carbonyl (C=O) groups is 1. The maximum atomic E-state index is 12.8. The summed E-state index contributed by atoms with van der Waals surface area (Å²) < 4.78 is 33.1. The molecule has 7 nitrogen and oxygen atoms in total. The summed E-state index contributed by atoms with van der Waals surface area (Å²) >= 11 is 0. The maximum Gasteiger partial charge on any atom is 0.261 e. The summed E-state index contributed by atoms with van der Waals surface area (Å²) in [5, 5.41) is 2.88. The molecule has 8 heteroatoms. The molecule has 1 atom stereocenters. The Balaban J connectivity index is 1.65. The summed E-state index contributed by atoms with van der Waals surface area (Å²) in [5.41, 5.74) is 1.72. The first-order valence-electron chi connectivity index (χ1n) is 10.1. The Morgan fingerprint density at radius 1 is 1.00 bits per heavy atom. The van der Waals surface area contributed by atoms with Crippen LogP contribution in [-0.4, -0.2) is 41.1 Å². The minimum atomic E-state index is -3.85. The van der Waals surface area contributed by atoms with Crippen LogP contribution < -0.4 is 19.7 Å². The number of nitrogens with one attached hydrogen (secondary N) is 2. The Bertz CT molecular complexity index is 1150. The zero-order chi connectivity index (χ0) is 23.1. The number of ether oxygens (including phenoxy) is 1. The fourth-order valence-corrected chi connectivity index (χ4v) is 4.18. The summed E-state index contributed by atoms with van der Waals surface area (Å²) in [4.78, 5) is 14.7. The van der Waals surface area contributed by atoms with Crippen LogP contribution in [0.2, 0.25) is 0 Å². The van der Waals surface area contributed by atoms with Gasteiger partial charge in [-0.2, -0.15) is 0 Å². The fraction of sp³-hybridized carbons (Fsp3) is 0.208. The van der Waals surface area contributed by atoms with Gasteiger partial charge in [-0.05, 0) is 61.5 Å². The van der Waals surface area contributed by atoms with E-state index in [2.05, 4.69) is 14.9 Å². The Morgan fingerprint density at radius 2 is 1.69 bits per heavy atom. The number of carbonyl (C=O) groups excluding carboxylic acids is 1. The molecule has 168 valence electrons. The molecule has 0 heterocycles. The molecule has 0 aliphatic carbocycles. The van der Waals surface area contributed by atoms with Gasteiger partial charge in [0.1, 0.15) is 5.75 Å². The number of para-hydroxylation sites is 1. The molecule has 0 aliphatic rings. The summed E-state index contributed by atoms with van der Waals surface area (Å²) in [6, 6.07) is 22.4. The van der Waals surface area contributed by atoms with Crippen molar-refractivity contribution in [2.24, 2.45) is 0 Å². The fourth-order valence-electron chi connectivity index (χ4n) is 3.07. The second-order valence-corrected chi connectivity index (χ2v) is 9.05. The highest BCUT2D eigenvalue weighted by molar-refractivity contribution is 7.92. The zero-order valence-electron chi connectivity index (χ0n) is 18.3. The standard InChI is InChI=1S/C24H27N3O4S/c1-18(27(2)21-9-5-4-6-10-21)17-25-24(28)19-8-7-11-23(16-19)32(29,30)26-20-12-14-22(31-3)15-13-20/h4-16,18,26H,17H2,1-3H3,(H,25,28). The topological polar surface area (TPSA) is 87.7 Å². The molecule has 0 aromatic heterocycles. The van der Waals surface area contributed by atoms with Crippen molar-refractivity contribution in [3.8, 4) is 5.75 Å². The van der Waals surface area contributed by atoms with E-state index in [1.165, 1.54) is 19.2 Å². The van der Waals surface area contributed by atoms with E-state index in [4.69, 9.17) is 4.74 Å². The van der Waals surface area contributed by atoms with E-state index in [1.807, 2.05) is 44.3 Å². The lowest BCUT2D eigenvalue weighted by Gasteiger charge is -2.27. The van der Waals surface area contributed by atoms with Crippen molar-refractivity contribution >= 4 is 27.3 Å². The van der Waals surface area contributed by atoms with Gasteiger partial charge in [0.25, 0.3) is 15.9 Å². The second kappa shape index (κ2) is 10.2. The second-order valence-electron chi connectivity index (χ2n) is 7.37. The van der Waals surface area contributed by atoms with Gasteiger partial charge in [-0.3, -0.25) is 9.52 Å². The number of sulfonamides is 1. The molecule has 3 aromatic carbocycles. The minimum absolute atomic E-state index is 0.00965. The number of rotatable bonds is 9. The summed E-state index contributed by atoms with van der Waals surface area (Å²) in [7, 11) is -0.348. The lowest BCUT2D eigenvalue weighted by molar-refractivity contribution is 0.0951. The third-order valence-corrected chi connectivity index (χ3v) is 6.51. The minimum Gasteiger partial charge on any atom is -0.497 e. The van der Waals surface area contributed by atoms with Gasteiger partial charge in [0.05, 0.1) is 12.0 Å². The van der Waals surface area contributed by atoms with Crippen LogP contribution in [-0.2, 0) is 10.0 Å². The number of benzene rings is 3. The normalized spacial score (nSPS) is 12.0. The van der Waals surface area contributed by atoms with Crippen LogP contribution >= 0.6 is 0 Å². The van der Waals surface area contributed by atoms with Crippen molar-refractivity contribution in [1.29, 1.82) is 0 Å². The molecule has 0 aliphatic heterocycles. The molecule has 0 radical (unpaired) electrons. The van der Waals surface area contributed by atoms with Gasteiger partial charge in [-0.15, -0.1) is 0 Å². The number of likely N-dealkylation sites (N-methyl/N-ethyl adjacent to an activating group) is 1. The van der Waals surface area contributed by atoms with Gasteiger partial charge < -0.3 is 15.0 Å². The van der Waals surface area contributed by atoms with Gasteiger partial charge in [-0.25, -0.2) is 8.42 Å². The summed E-state index contributed by atoms with van der Waals surface area (Å²) in [6.07, 6.45) is 0. The number of nitrogens with zero attached hydrogens (tertiary/aromatic N) is 1. The van der Waals surface area contributed by atoms with E-state index in [-0.39, 0.29) is 22.4 Å². The molecular weight excluding hydrogens is 426 g/mol. The van der Waals surface area contributed by atoms with Crippen molar-refractivity contribution in [2.75, 3.05) is 30.3 Å². The van der Waals surface area contributed by atoms with E-state index in [9.17, 15) is 13.2 Å². The summed E-state index contributed by atoms with van der Waals surface area (Å²) in [5.74, 6) is 0.290. The average molecular weight is 454 g/mol. The van der Waals surface area contributed by atoms with Crippen LogP contribution in [0.5, 0.6) is 5.75 Å². The van der Waals surface area contributed by atoms with Crippen molar-refractivity contribution in [2.45, 2.75) is 17.9 Å². The van der Waals surface area contributed by atoms with Crippen LogP contribution in [0.4, 0.5) is 11.4 Å². The number of hydrogen-bond donors (Lipinski definition) is 2. The molecule has 0 saturated heterocycles. The predicted octanol–water partition coefficient (Wildman–Crippen LogP) is 3.75. The molecule has 0 fully saturated rings. The maximum absolute atomic E-state index is 12.8. The Labute approximate surface area is 189 Å². The Kier molecular flexibility index (Phi) is 7.37. The van der Waals surface area contributed by atoms with E-state index in [1.54, 1.807) is 36.4 Å². The van der Waals surface area contributed by atoms with E-state index < -0.39 is 10.0 Å². The lowest BCUT2D eigenvalue weighted by Crippen LogP contribution is -2.40.